The van der Waals surface area contributed by atoms with Gasteiger partial charge in [-0.2, -0.15) is 17.6 Å². The predicted octanol–water partition coefficient (Wildman–Crippen LogP) is 4.17. The van der Waals surface area contributed by atoms with Crippen molar-refractivity contribution in [3.8, 4) is 17.2 Å². The summed E-state index contributed by atoms with van der Waals surface area (Å²) in [4.78, 5) is 24.6. The van der Waals surface area contributed by atoms with Gasteiger partial charge in [0.1, 0.15) is 22.8 Å². The number of esters is 1. The van der Waals surface area contributed by atoms with Gasteiger partial charge < -0.3 is 24.7 Å². The van der Waals surface area contributed by atoms with Crippen LogP contribution in [0.5, 0.6) is 17.2 Å². The molecule has 0 aromatic heterocycles. The molecule has 2 aromatic carbocycles. The fourth-order valence-electron chi connectivity index (χ4n) is 2.29. The van der Waals surface area contributed by atoms with Crippen LogP contribution in [0, 0.1) is 0 Å². The van der Waals surface area contributed by atoms with Gasteiger partial charge >= 0.3 is 19.2 Å². The van der Waals surface area contributed by atoms with Gasteiger partial charge in [-0.25, -0.2) is 4.79 Å². The lowest BCUT2D eigenvalue weighted by atomic mass is 10.1. The van der Waals surface area contributed by atoms with Crippen molar-refractivity contribution in [2.75, 3.05) is 19.5 Å². The third kappa shape index (κ3) is 5.89. The van der Waals surface area contributed by atoms with Crippen LogP contribution in [0.15, 0.2) is 30.3 Å². The van der Waals surface area contributed by atoms with E-state index in [0.29, 0.717) is 6.07 Å². The summed E-state index contributed by atoms with van der Waals surface area (Å²) in [5, 5.41) is 0.0383. The molecule has 12 heteroatoms. The largest absolute Gasteiger partial charge is 0.496 e. The molecule has 0 atom stereocenters. The van der Waals surface area contributed by atoms with Crippen molar-refractivity contribution >= 4 is 29.0 Å². The number of carbonyl (C=O) groups is 2. The second-order valence-corrected chi connectivity index (χ2v) is 5.90. The Morgan fingerprint density at radius 3 is 2.27 bits per heavy atom. The minimum atomic E-state index is -3.35. The summed E-state index contributed by atoms with van der Waals surface area (Å²) < 4.78 is 67.9. The van der Waals surface area contributed by atoms with Gasteiger partial charge in [-0.3, -0.25) is 4.79 Å². The van der Waals surface area contributed by atoms with Gasteiger partial charge in [0, 0.05) is 12.1 Å². The minimum Gasteiger partial charge on any atom is -0.496 e. The summed E-state index contributed by atoms with van der Waals surface area (Å²) in [6.07, 6.45) is 0. The maximum Gasteiger partial charge on any atom is 0.387 e. The van der Waals surface area contributed by atoms with Crippen molar-refractivity contribution in [1.29, 1.82) is 0 Å². The number of Topliss-reactive ketones (excluding diaryl/α,β-unsaturated/α-hetero) is 1. The van der Waals surface area contributed by atoms with E-state index in [1.165, 1.54) is 19.2 Å². The molecule has 0 saturated carbocycles. The highest BCUT2D eigenvalue weighted by Crippen LogP contribution is 2.30. The zero-order chi connectivity index (χ0) is 22.4. The number of methoxy groups -OCH3 is 1. The van der Waals surface area contributed by atoms with Crippen LogP contribution in [0.4, 0.5) is 23.2 Å². The SMILES string of the molecule is COc1cc(N)c(Cl)cc1C(=O)OCC(=O)c1ccc(OC(F)F)cc1OC(F)F. The number of rotatable bonds is 9. The number of ether oxygens (including phenoxy) is 4. The molecule has 2 N–H and O–H groups in total. The first-order chi connectivity index (χ1) is 14.1. The fourth-order valence-corrected chi connectivity index (χ4v) is 2.45. The molecule has 0 aliphatic heterocycles. The highest BCUT2D eigenvalue weighted by Gasteiger charge is 2.22. The maximum absolute atomic E-state index is 12.6. The molecule has 0 radical (unpaired) electrons. The zero-order valence-electron chi connectivity index (χ0n) is 15.2. The summed E-state index contributed by atoms with van der Waals surface area (Å²) in [5.41, 5.74) is 5.18. The number of benzene rings is 2. The normalized spacial score (nSPS) is 10.8. The Morgan fingerprint density at radius 2 is 1.67 bits per heavy atom. The van der Waals surface area contributed by atoms with E-state index in [2.05, 4.69) is 9.47 Å². The van der Waals surface area contributed by atoms with Crippen molar-refractivity contribution in [1.82, 2.24) is 0 Å². The van der Waals surface area contributed by atoms with Crippen LogP contribution in [0.2, 0.25) is 5.02 Å². The lowest BCUT2D eigenvalue weighted by Gasteiger charge is -2.13. The lowest BCUT2D eigenvalue weighted by Crippen LogP contribution is -2.17. The molecule has 0 saturated heterocycles. The molecule has 7 nitrogen and oxygen atoms in total. The first-order valence-electron chi connectivity index (χ1n) is 7.99. The molecule has 0 amide bonds. The highest BCUT2D eigenvalue weighted by atomic mass is 35.5. The van der Waals surface area contributed by atoms with Crippen LogP contribution in [0.25, 0.3) is 0 Å². The molecule has 162 valence electrons. The minimum absolute atomic E-state index is 0.0320. The second kappa shape index (κ2) is 10.0. The predicted molar refractivity (Wildman–Crippen MR) is 96.7 cm³/mol. The summed E-state index contributed by atoms with van der Waals surface area (Å²) in [6, 6.07) is 5.01. The average Bonchev–Trinajstić information content (AvgIpc) is 2.66. The van der Waals surface area contributed by atoms with E-state index < -0.39 is 48.6 Å². The lowest BCUT2D eigenvalue weighted by molar-refractivity contribution is -0.0545. The second-order valence-electron chi connectivity index (χ2n) is 5.49. The Labute approximate surface area is 172 Å². The quantitative estimate of drug-likeness (QED) is 0.264. The van der Waals surface area contributed by atoms with Crippen molar-refractivity contribution < 1.29 is 46.1 Å². The number of anilines is 1. The van der Waals surface area contributed by atoms with Gasteiger partial charge in [0.2, 0.25) is 5.78 Å². The number of nitrogen functional groups attached to an aromatic ring is 1. The number of hydrogen-bond acceptors (Lipinski definition) is 7. The average molecular weight is 452 g/mol. The maximum atomic E-state index is 12.6. The molecule has 0 aliphatic carbocycles. The third-order valence-corrected chi connectivity index (χ3v) is 3.90. The summed E-state index contributed by atoms with van der Waals surface area (Å²) in [6.45, 7) is -7.44. The number of alkyl halides is 4. The Morgan fingerprint density at radius 1 is 1.00 bits per heavy atom. The monoisotopic (exact) mass is 451 g/mol. The molecule has 30 heavy (non-hydrogen) atoms. The van der Waals surface area contributed by atoms with Crippen LogP contribution in [0.3, 0.4) is 0 Å². The highest BCUT2D eigenvalue weighted by molar-refractivity contribution is 6.33. The molecule has 2 aromatic rings. The van der Waals surface area contributed by atoms with E-state index in [9.17, 15) is 27.2 Å². The van der Waals surface area contributed by atoms with Gasteiger partial charge in [0.05, 0.1) is 23.4 Å². The van der Waals surface area contributed by atoms with Crippen molar-refractivity contribution in [3.63, 3.8) is 0 Å². The smallest absolute Gasteiger partial charge is 0.387 e. The molecule has 0 bridgehead atoms. The van der Waals surface area contributed by atoms with Gasteiger partial charge in [0.15, 0.2) is 6.61 Å². The van der Waals surface area contributed by atoms with E-state index in [1.807, 2.05) is 0 Å². The number of hydrogen-bond donors (Lipinski definition) is 1. The zero-order valence-corrected chi connectivity index (χ0v) is 15.9. The van der Waals surface area contributed by atoms with Crippen LogP contribution in [-0.2, 0) is 4.74 Å². The Kier molecular flexibility index (Phi) is 7.70. The van der Waals surface area contributed by atoms with Crippen LogP contribution in [0.1, 0.15) is 20.7 Å². The van der Waals surface area contributed by atoms with Crippen LogP contribution >= 0.6 is 11.6 Å². The van der Waals surface area contributed by atoms with Crippen LogP contribution < -0.4 is 19.9 Å². The Hall–Kier alpha value is -3.21. The molecular formula is C18H14ClF4NO6. The summed E-state index contributed by atoms with van der Waals surface area (Å²) >= 11 is 5.86. The topological polar surface area (TPSA) is 97.1 Å². The van der Waals surface area contributed by atoms with Crippen molar-refractivity contribution in [3.05, 3.63) is 46.5 Å². The third-order valence-electron chi connectivity index (χ3n) is 3.57. The molecule has 2 rings (SSSR count). The fraction of sp³-hybridized carbons (Fsp3) is 0.222. The van der Waals surface area contributed by atoms with Gasteiger partial charge in [-0.15, -0.1) is 0 Å². The first kappa shape index (κ1) is 23.1. The molecular weight excluding hydrogens is 438 g/mol. The van der Waals surface area contributed by atoms with Crippen molar-refractivity contribution in [2.45, 2.75) is 13.2 Å². The van der Waals surface area contributed by atoms with E-state index in [-0.39, 0.29) is 22.0 Å². The molecule has 0 fully saturated rings. The Balaban J connectivity index is 2.19. The van der Waals surface area contributed by atoms with Crippen LogP contribution in [-0.4, -0.2) is 38.7 Å². The molecule has 0 heterocycles. The summed E-state index contributed by atoms with van der Waals surface area (Å²) in [7, 11) is 1.27. The molecule has 0 spiro atoms. The number of ketones is 1. The van der Waals surface area contributed by atoms with Gasteiger partial charge in [-0.05, 0) is 18.2 Å². The summed E-state index contributed by atoms with van der Waals surface area (Å²) in [5.74, 6) is -3.14. The first-order valence-corrected chi connectivity index (χ1v) is 8.37. The molecule has 0 unspecified atom stereocenters. The van der Waals surface area contributed by atoms with E-state index in [1.54, 1.807) is 0 Å². The number of halogens is 5. The van der Waals surface area contributed by atoms with Gasteiger partial charge in [0.25, 0.3) is 0 Å². The van der Waals surface area contributed by atoms with Gasteiger partial charge in [-0.1, -0.05) is 11.6 Å². The van der Waals surface area contributed by atoms with E-state index in [0.717, 1.165) is 12.1 Å². The van der Waals surface area contributed by atoms with Crippen molar-refractivity contribution in [2.24, 2.45) is 0 Å². The number of carbonyl (C=O) groups excluding carboxylic acids is 2. The van der Waals surface area contributed by atoms with E-state index in [4.69, 9.17) is 26.8 Å². The Bertz CT molecular complexity index is 941. The number of nitrogens with two attached hydrogens (primary N) is 1. The molecule has 0 aliphatic rings. The standard InChI is InChI=1S/C18H14ClF4NO6/c1-27-14-6-12(24)11(19)5-10(14)16(26)28-7-13(25)9-3-2-8(29-17(20)21)4-15(9)30-18(22)23/h2-6,17-18H,7,24H2,1H3. The van der Waals surface area contributed by atoms with E-state index >= 15 is 0 Å².